The van der Waals surface area contributed by atoms with Crippen LogP contribution in [0.4, 0.5) is 0 Å². The average molecular weight is 118 g/mol. The highest BCUT2D eigenvalue weighted by Crippen LogP contribution is 1.80. The molecule has 0 spiro atoms. The quantitative estimate of drug-likeness (QED) is 0.550. The van der Waals surface area contributed by atoms with Gasteiger partial charge in [0.2, 0.25) is 0 Å². The Morgan fingerprint density at radius 2 is 1.88 bits per heavy atom. The van der Waals surface area contributed by atoms with E-state index in [0.717, 1.165) is 6.54 Å². The summed E-state index contributed by atoms with van der Waals surface area (Å²) in [6.07, 6.45) is 2.61. The van der Waals surface area contributed by atoms with Gasteiger partial charge in [0.05, 0.1) is 0 Å². The van der Waals surface area contributed by atoms with E-state index in [1.54, 1.807) is 0 Å². The van der Waals surface area contributed by atoms with E-state index in [9.17, 15) is 0 Å². The van der Waals surface area contributed by atoms with Crippen molar-refractivity contribution in [1.29, 1.82) is 0 Å². The Hall–Kier alpha value is -0.0800. The summed E-state index contributed by atoms with van der Waals surface area (Å²) in [7, 11) is 0. The minimum absolute atomic E-state index is 0. The molecule has 0 heterocycles. The summed E-state index contributed by atoms with van der Waals surface area (Å²) >= 11 is 0. The van der Waals surface area contributed by atoms with Gasteiger partial charge >= 0.3 is 0 Å². The van der Waals surface area contributed by atoms with Crippen LogP contribution in [0.3, 0.4) is 0 Å². The van der Waals surface area contributed by atoms with Crippen molar-refractivity contribution >= 4 is 0 Å². The molecule has 0 aromatic rings. The molecule has 0 aliphatic heterocycles. The first-order valence-corrected chi connectivity index (χ1v) is 3.12. The van der Waals surface area contributed by atoms with Gasteiger partial charge in [-0.25, -0.2) is 0 Å². The van der Waals surface area contributed by atoms with Crippen molar-refractivity contribution in [3.05, 3.63) is 0 Å². The third-order valence-electron chi connectivity index (χ3n) is 0.957. The third-order valence-corrected chi connectivity index (χ3v) is 0.957. The minimum atomic E-state index is 0. The topological polar surface area (TPSA) is 47.0 Å². The van der Waals surface area contributed by atoms with Crippen LogP contribution in [0.2, 0.25) is 0 Å². The molecule has 0 aliphatic carbocycles. The molecule has 4 N–H and O–H groups in total. The normalized spacial score (nSPS) is 8.25. The van der Waals surface area contributed by atoms with Crippen LogP contribution in [0, 0.1) is 0 Å². The maximum absolute atomic E-state index is 3.25. The Morgan fingerprint density at radius 1 is 1.25 bits per heavy atom. The molecular weight excluding hydrogens is 100 g/mol. The predicted octanol–water partition coefficient (Wildman–Crippen LogP) is 1.56. The monoisotopic (exact) mass is 118 g/mol. The molecule has 0 fully saturated rings. The van der Waals surface area contributed by atoms with Gasteiger partial charge in [-0.05, 0) is 19.5 Å². The molecule has 2 nitrogen and oxygen atoms in total. The van der Waals surface area contributed by atoms with Crippen molar-refractivity contribution in [2.45, 2.75) is 26.7 Å². The van der Waals surface area contributed by atoms with Crippen LogP contribution in [0.1, 0.15) is 26.7 Å². The summed E-state index contributed by atoms with van der Waals surface area (Å²) in [6, 6.07) is 0. The summed E-state index contributed by atoms with van der Waals surface area (Å²) in [6.45, 7) is 6.64. The highest BCUT2D eigenvalue weighted by molar-refractivity contribution is 4.39. The molecule has 0 saturated heterocycles. The Balaban J connectivity index is 0. The molecule has 0 aliphatic rings. The standard InChI is InChI=1S/C6H15N.H3N/c1-3-5-6-7-4-2;/h7H,3-6H2,1-2H3;1H3. The molecule has 0 atom stereocenters. The van der Waals surface area contributed by atoms with E-state index in [0.29, 0.717) is 0 Å². The maximum atomic E-state index is 3.25. The molecule has 0 aromatic heterocycles. The van der Waals surface area contributed by atoms with Crippen LogP contribution in [0.15, 0.2) is 0 Å². The lowest BCUT2D eigenvalue weighted by atomic mass is 10.3. The number of nitrogens with one attached hydrogen (secondary N) is 1. The van der Waals surface area contributed by atoms with Crippen molar-refractivity contribution < 1.29 is 0 Å². The van der Waals surface area contributed by atoms with Crippen molar-refractivity contribution in [3.63, 3.8) is 0 Å². The van der Waals surface area contributed by atoms with E-state index in [4.69, 9.17) is 0 Å². The Bertz CT molecular complexity index is 25.7. The van der Waals surface area contributed by atoms with Gasteiger partial charge in [-0.3, -0.25) is 0 Å². The van der Waals surface area contributed by atoms with Crippen LogP contribution < -0.4 is 11.5 Å². The second-order valence-corrected chi connectivity index (χ2v) is 1.71. The van der Waals surface area contributed by atoms with Crippen LogP contribution in [0.5, 0.6) is 0 Å². The fourth-order valence-electron chi connectivity index (χ4n) is 0.479. The molecule has 0 bridgehead atoms. The molecule has 52 valence electrons. The number of rotatable bonds is 4. The van der Waals surface area contributed by atoms with Gasteiger partial charge in [0.25, 0.3) is 0 Å². The lowest BCUT2D eigenvalue weighted by Gasteiger charge is -1.95. The summed E-state index contributed by atoms with van der Waals surface area (Å²) < 4.78 is 0. The lowest BCUT2D eigenvalue weighted by Crippen LogP contribution is -2.13. The molecule has 0 saturated carbocycles. The first kappa shape index (κ1) is 10.8. The van der Waals surface area contributed by atoms with Crippen molar-refractivity contribution in [1.82, 2.24) is 11.5 Å². The van der Waals surface area contributed by atoms with E-state index >= 15 is 0 Å². The van der Waals surface area contributed by atoms with E-state index in [1.807, 2.05) is 0 Å². The zero-order valence-electron chi connectivity index (χ0n) is 6.04. The largest absolute Gasteiger partial charge is 0.344 e. The van der Waals surface area contributed by atoms with Crippen molar-refractivity contribution in [2.24, 2.45) is 0 Å². The fraction of sp³-hybridized carbons (Fsp3) is 1.00. The highest BCUT2D eigenvalue weighted by atomic mass is 14.8. The van der Waals surface area contributed by atoms with Crippen LogP contribution in [-0.2, 0) is 0 Å². The Morgan fingerprint density at radius 3 is 2.25 bits per heavy atom. The predicted molar refractivity (Wildman–Crippen MR) is 38.5 cm³/mol. The molecule has 2 heteroatoms. The van der Waals surface area contributed by atoms with Gasteiger partial charge < -0.3 is 11.5 Å². The van der Waals surface area contributed by atoms with E-state index < -0.39 is 0 Å². The molecule has 0 amide bonds. The third kappa shape index (κ3) is 9.33. The summed E-state index contributed by atoms with van der Waals surface area (Å²) in [5, 5.41) is 3.25. The van der Waals surface area contributed by atoms with Gasteiger partial charge in [-0.2, -0.15) is 0 Å². The first-order valence-electron chi connectivity index (χ1n) is 3.12. The number of unbranched alkanes of at least 4 members (excludes halogenated alkanes) is 1. The molecule has 0 rings (SSSR count). The smallest absolute Gasteiger partial charge is 0.00491 e. The molecule has 0 aromatic carbocycles. The van der Waals surface area contributed by atoms with Crippen molar-refractivity contribution in [3.8, 4) is 0 Å². The number of hydrogen-bond donors (Lipinski definition) is 2. The zero-order chi connectivity index (χ0) is 5.54. The van der Waals surface area contributed by atoms with Crippen LogP contribution >= 0.6 is 0 Å². The molecular formula is C6H18N2. The maximum Gasteiger partial charge on any atom is -0.00491 e. The van der Waals surface area contributed by atoms with Gasteiger partial charge in [-0.15, -0.1) is 0 Å². The fourth-order valence-corrected chi connectivity index (χ4v) is 0.479. The highest BCUT2D eigenvalue weighted by Gasteiger charge is 1.77. The Kier molecular flexibility index (Phi) is 13.6. The van der Waals surface area contributed by atoms with E-state index in [1.165, 1.54) is 19.4 Å². The Labute approximate surface area is 52.2 Å². The second kappa shape index (κ2) is 10.0. The summed E-state index contributed by atoms with van der Waals surface area (Å²) in [5.41, 5.74) is 0. The number of hydrogen-bond acceptors (Lipinski definition) is 2. The van der Waals surface area contributed by atoms with Gasteiger partial charge in [-0.1, -0.05) is 20.3 Å². The summed E-state index contributed by atoms with van der Waals surface area (Å²) in [4.78, 5) is 0. The molecule has 0 unspecified atom stereocenters. The molecule has 8 heavy (non-hydrogen) atoms. The SMILES string of the molecule is CCCCNCC.N. The minimum Gasteiger partial charge on any atom is -0.344 e. The average Bonchev–Trinajstić information content (AvgIpc) is 1.69. The van der Waals surface area contributed by atoms with E-state index in [-0.39, 0.29) is 6.15 Å². The second-order valence-electron chi connectivity index (χ2n) is 1.71. The summed E-state index contributed by atoms with van der Waals surface area (Å²) in [5.74, 6) is 0. The van der Waals surface area contributed by atoms with Gasteiger partial charge in [0.15, 0.2) is 0 Å². The zero-order valence-corrected chi connectivity index (χ0v) is 6.04. The molecule has 0 radical (unpaired) electrons. The van der Waals surface area contributed by atoms with Gasteiger partial charge in [0.1, 0.15) is 0 Å². The van der Waals surface area contributed by atoms with Crippen molar-refractivity contribution in [2.75, 3.05) is 13.1 Å². The van der Waals surface area contributed by atoms with Crippen LogP contribution in [-0.4, -0.2) is 13.1 Å². The lowest BCUT2D eigenvalue weighted by molar-refractivity contribution is 0.663. The first-order chi connectivity index (χ1) is 3.41. The van der Waals surface area contributed by atoms with E-state index in [2.05, 4.69) is 19.2 Å². The van der Waals surface area contributed by atoms with Gasteiger partial charge in [0, 0.05) is 0 Å². The van der Waals surface area contributed by atoms with Crippen LogP contribution in [0.25, 0.3) is 0 Å².